The van der Waals surface area contributed by atoms with Crippen LogP contribution in [0.25, 0.3) is 44.6 Å². The molecule has 0 saturated carbocycles. The summed E-state index contributed by atoms with van der Waals surface area (Å²) in [5, 5.41) is 0.988. The molecule has 0 saturated heterocycles. The molecule has 1 N–H and O–H groups in total. The summed E-state index contributed by atoms with van der Waals surface area (Å²) in [6.45, 7) is 0.884. The molecule has 4 heterocycles. The number of nitrogens with one attached hydrogen (secondary N) is 1. The quantitative estimate of drug-likeness (QED) is 0.411. The molecule has 0 atom stereocenters. The molecule has 4 nitrogen and oxygen atoms in total. The second-order valence-electron chi connectivity index (χ2n) is 6.75. The molecule has 28 heavy (non-hydrogen) atoms. The Kier molecular flexibility index (Phi) is 3.55. The average molecular weight is 375 g/mol. The van der Waals surface area contributed by atoms with Crippen LogP contribution in [0.1, 0.15) is 12.5 Å². The summed E-state index contributed by atoms with van der Waals surface area (Å²) in [5.74, 6) is -2.29. The molecule has 0 unspecified atom stereocenters. The molecule has 5 rings (SSSR count). The van der Waals surface area contributed by atoms with Gasteiger partial charge in [-0.2, -0.15) is 0 Å². The Morgan fingerprint density at radius 2 is 1.79 bits per heavy atom. The number of alkyl halides is 2. The van der Waals surface area contributed by atoms with E-state index in [1.807, 2.05) is 30.5 Å². The number of nitrogens with zero attached hydrogens (tertiary/aromatic N) is 2. The number of aromatic amines is 1. The van der Waals surface area contributed by atoms with Gasteiger partial charge in [-0.1, -0.05) is 24.3 Å². The van der Waals surface area contributed by atoms with E-state index >= 15 is 0 Å². The smallest absolute Gasteiger partial charge is 0.270 e. The largest absolute Gasteiger partial charge is 0.454 e. The van der Waals surface area contributed by atoms with E-state index in [0.717, 1.165) is 34.6 Å². The van der Waals surface area contributed by atoms with Crippen LogP contribution in [0, 0.1) is 0 Å². The SMILES string of the molecule is CC(F)(F)c1ccc(-c2cc3nccc(-c4c[nH]c5ncccc45)c3o2)cc1. The normalized spacial score (nSPS) is 12.1. The van der Waals surface area contributed by atoms with Crippen LogP contribution >= 0.6 is 0 Å². The monoisotopic (exact) mass is 375 g/mol. The van der Waals surface area contributed by atoms with Crippen molar-refractivity contribution in [2.75, 3.05) is 0 Å². The van der Waals surface area contributed by atoms with Crippen molar-refractivity contribution in [2.45, 2.75) is 12.8 Å². The Labute approximate surface area is 158 Å². The van der Waals surface area contributed by atoms with Gasteiger partial charge >= 0.3 is 0 Å². The lowest BCUT2D eigenvalue weighted by molar-refractivity contribution is 0.0175. The van der Waals surface area contributed by atoms with Crippen LogP contribution < -0.4 is 0 Å². The van der Waals surface area contributed by atoms with Gasteiger partial charge in [0.25, 0.3) is 5.92 Å². The van der Waals surface area contributed by atoms with Crippen LogP contribution in [0.2, 0.25) is 0 Å². The van der Waals surface area contributed by atoms with Crippen molar-refractivity contribution in [3.8, 4) is 22.5 Å². The van der Waals surface area contributed by atoms with Crippen LogP contribution in [-0.2, 0) is 5.92 Å². The molecule has 5 aromatic rings. The van der Waals surface area contributed by atoms with E-state index in [2.05, 4.69) is 15.0 Å². The minimum Gasteiger partial charge on any atom is -0.454 e. The zero-order valence-corrected chi connectivity index (χ0v) is 14.9. The van der Waals surface area contributed by atoms with Gasteiger partial charge in [-0.25, -0.2) is 13.8 Å². The highest BCUT2D eigenvalue weighted by atomic mass is 19.3. The zero-order valence-electron chi connectivity index (χ0n) is 14.9. The number of pyridine rings is 2. The first kappa shape index (κ1) is 16.6. The minimum absolute atomic E-state index is 0.0301. The average Bonchev–Trinajstić information content (AvgIpc) is 3.31. The van der Waals surface area contributed by atoms with Crippen LogP contribution in [0.15, 0.2) is 71.5 Å². The van der Waals surface area contributed by atoms with E-state index in [1.54, 1.807) is 24.5 Å². The third kappa shape index (κ3) is 2.65. The van der Waals surface area contributed by atoms with Gasteiger partial charge in [0.05, 0.1) is 0 Å². The highest BCUT2D eigenvalue weighted by Gasteiger charge is 2.24. The van der Waals surface area contributed by atoms with Crippen molar-refractivity contribution in [2.24, 2.45) is 0 Å². The second-order valence-corrected chi connectivity index (χ2v) is 6.75. The number of fused-ring (bicyclic) bond motifs is 2. The summed E-state index contributed by atoms with van der Waals surface area (Å²) in [6, 6.07) is 13.7. The van der Waals surface area contributed by atoms with Crippen molar-refractivity contribution >= 4 is 22.1 Å². The molecule has 1 aromatic carbocycles. The maximum Gasteiger partial charge on any atom is 0.270 e. The number of hydrogen-bond acceptors (Lipinski definition) is 3. The number of halogens is 2. The topological polar surface area (TPSA) is 54.7 Å². The van der Waals surface area contributed by atoms with Gasteiger partial charge in [-0.3, -0.25) is 4.98 Å². The molecular formula is C22H15F2N3O. The number of H-pyrrole nitrogens is 1. The fourth-order valence-corrected chi connectivity index (χ4v) is 3.40. The Morgan fingerprint density at radius 3 is 2.57 bits per heavy atom. The summed E-state index contributed by atoms with van der Waals surface area (Å²) < 4.78 is 33.0. The Hall–Kier alpha value is -3.54. The second kappa shape index (κ2) is 5.99. The summed E-state index contributed by atoms with van der Waals surface area (Å²) in [6.07, 6.45) is 5.36. The van der Waals surface area contributed by atoms with Crippen LogP contribution in [-0.4, -0.2) is 15.0 Å². The lowest BCUT2D eigenvalue weighted by atomic mass is 10.1. The van der Waals surface area contributed by atoms with E-state index in [9.17, 15) is 8.78 Å². The van der Waals surface area contributed by atoms with E-state index < -0.39 is 5.92 Å². The first-order valence-electron chi connectivity index (χ1n) is 8.80. The highest BCUT2D eigenvalue weighted by molar-refractivity contribution is 6.01. The molecule has 0 aliphatic carbocycles. The third-order valence-corrected chi connectivity index (χ3v) is 4.83. The van der Waals surface area contributed by atoms with Crippen molar-refractivity contribution in [3.63, 3.8) is 0 Å². The van der Waals surface area contributed by atoms with Gasteiger partial charge in [0, 0.05) is 59.2 Å². The molecule has 6 heteroatoms. The number of aromatic nitrogens is 3. The predicted molar refractivity (Wildman–Crippen MR) is 104 cm³/mol. The molecule has 0 radical (unpaired) electrons. The van der Waals surface area contributed by atoms with E-state index in [0.29, 0.717) is 16.9 Å². The fourth-order valence-electron chi connectivity index (χ4n) is 3.40. The first-order valence-corrected chi connectivity index (χ1v) is 8.80. The Morgan fingerprint density at radius 1 is 0.964 bits per heavy atom. The molecule has 0 fully saturated rings. The first-order chi connectivity index (χ1) is 13.5. The molecule has 0 aliphatic heterocycles. The molecule has 138 valence electrons. The molecule has 4 aromatic heterocycles. The van der Waals surface area contributed by atoms with Gasteiger partial charge in [-0.15, -0.1) is 0 Å². The number of hydrogen-bond donors (Lipinski definition) is 1. The van der Waals surface area contributed by atoms with Gasteiger partial charge in [-0.05, 0) is 18.2 Å². The molecule has 0 spiro atoms. The standard InChI is InChI=1S/C22H15F2N3O/c1-22(23,24)14-6-4-13(5-7-14)19-11-18-20(28-19)15(8-10-25-18)17-12-27-21-16(17)3-2-9-26-21/h2-12H,1H3,(H,26,27). The molecule has 0 aliphatic rings. The fraction of sp³-hybridized carbons (Fsp3) is 0.0909. The number of furan rings is 1. The number of rotatable bonds is 3. The Bertz CT molecular complexity index is 1300. The van der Waals surface area contributed by atoms with Crippen LogP contribution in [0.4, 0.5) is 8.78 Å². The summed E-state index contributed by atoms with van der Waals surface area (Å²) >= 11 is 0. The van der Waals surface area contributed by atoms with E-state index in [1.165, 1.54) is 12.1 Å². The Balaban J connectivity index is 1.64. The lowest BCUT2D eigenvalue weighted by Gasteiger charge is -2.10. The third-order valence-electron chi connectivity index (χ3n) is 4.83. The maximum atomic E-state index is 13.5. The summed E-state index contributed by atoms with van der Waals surface area (Å²) in [5.41, 5.74) is 4.70. The summed E-state index contributed by atoms with van der Waals surface area (Å²) in [7, 11) is 0. The lowest BCUT2D eigenvalue weighted by Crippen LogP contribution is -2.06. The number of benzene rings is 1. The maximum absolute atomic E-state index is 13.5. The van der Waals surface area contributed by atoms with Gasteiger partial charge in [0.2, 0.25) is 0 Å². The minimum atomic E-state index is -2.87. The molecule has 0 bridgehead atoms. The van der Waals surface area contributed by atoms with Gasteiger partial charge in [0.15, 0.2) is 5.58 Å². The summed E-state index contributed by atoms with van der Waals surface area (Å²) in [4.78, 5) is 11.9. The molecular weight excluding hydrogens is 360 g/mol. The van der Waals surface area contributed by atoms with E-state index in [4.69, 9.17) is 4.42 Å². The van der Waals surface area contributed by atoms with Crippen molar-refractivity contribution in [1.29, 1.82) is 0 Å². The van der Waals surface area contributed by atoms with Crippen LogP contribution in [0.3, 0.4) is 0 Å². The van der Waals surface area contributed by atoms with E-state index in [-0.39, 0.29) is 5.56 Å². The zero-order chi connectivity index (χ0) is 19.3. The predicted octanol–water partition coefficient (Wildman–Crippen LogP) is 6.15. The highest BCUT2D eigenvalue weighted by Crippen LogP contribution is 2.37. The van der Waals surface area contributed by atoms with Gasteiger partial charge in [0.1, 0.15) is 16.9 Å². The van der Waals surface area contributed by atoms with Crippen molar-refractivity contribution < 1.29 is 13.2 Å². The van der Waals surface area contributed by atoms with Crippen molar-refractivity contribution in [3.05, 3.63) is 72.7 Å². The van der Waals surface area contributed by atoms with Crippen molar-refractivity contribution in [1.82, 2.24) is 15.0 Å². The molecule has 0 amide bonds. The van der Waals surface area contributed by atoms with Crippen LogP contribution in [0.5, 0.6) is 0 Å². The van der Waals surface area contributed by atoms with Gasteiger partial charge < -0.3 is 9.40 Å².